The molecule has 0 spiro atoms. The van der Waals surface area contributed by atoms with Gasteiger partial charge in [-0.15, -0.1) is 0 Å². The molecule has 1 heterocycles. The first-order valence-electron chi connectivity index (χ1n) is 7.08. The normalized spacial score (nSPS) is 17.0. The number of esters is 1. The number of aliphatic hydroxyl groups is 2. The van der Waals surface area contributed by atoms with Gasteiger partial charge in [-0.2, -0.15) is 0 Å². The Balaban J connectivity index is 0.00000106. The van der Waals surface area contributed by atoms with Crippen LogP contribution in [0.15, 0.2) is 30.3 Å². The van der Waals surface area contributed by atoms with Gasteiger partial charge in [0.05, 0.1) is 13.2 Å². The third-order valence-corrected chi connectivity index (χ3v) is 3.42. The van der Waals surface area contributed by atoms with E-state index in [4.69, 9.17) is 14.6 Å². The van der Waals surface area contributed by atoms with Crippen LogP contribution in [0, 0.1) is 11.8 Å². The summed E-state index contributed by atoms with van der Waals surface area (Å²) >= 11 is 0. The van der Waals surface area contributed by atoms with Crippen molar-refractivity contribution in [3.05, 3.63) is 35.9 Å². The number of carbonyl (C=O) groups is 1. The van der Waals surface area contributed by atoms with Crippen LogP contribution in [0.4, 0.5) is 0 Å². The van der Waals surface area contributed by atoms with Crippen molar-refractivity contribution in [1.82, 2.24) is 0 Å². The molecular formula is C16H24O5. The summed E-state index contributed by atoms with van der Waals surface area (Å²) in [6.07, 6.45) is -0.258. The molecule has 1 aromatic carbocycles. The Hall–Kier alpha value is -1.43. The Kier molecular flexibility index (Phi) is 7.97. The highest BCUT2D eigenvalue weighted by Crippen LogP contribution is 2.22. The molecule has 0 radical (unpaired) electrons. The first kappa shape index (κ1) is 17.6. The Morgan fingerprint density at radius 1 is 1.33 bits per heavy atom. The summed E-state index contributed by atoms with van der Waals surface area (Å²) in [5.74, 6) is -0.180. The minimum Gasteiger partial charge on any atom is -0.459 e. The van der Waals surface area contributed by atoms with Crippen LogP contribution in [-0.4, -0.2) is 42.6 Å². The molecule has 5 nitrogen and oxygen atoms in total. The lowest BCUT2D eigenvalue weighted by molar-refractivity contribution is -0.158. The molecule has 2 unspecified atom stereocenters. The number of carbonyl (C=O) groups excluding carboxylic acids is 1. The van der Waals surface area contributed by atoms with Crippen molar-refractivity contribution < 1.29 is 24.5 Å². The zero-order valence-corrected chi connectivity index (χ0v) is 12.6. The van der Waals surface area contributed by atoms with E-state index in [1.165, 1.54) is 0 Å². The van der Waals surface area contributed by atoms with Gasteiger partial charge in [0.15, 0.2) is 6.10 Å². The summed E-state index contributed by atoms with van der Waals surface area (Å²) in [7, 11) is 1.00. The molecule has 0 aromatic heterocycles. The molecule has 0 bridgehead atoms. The number of rotatable bonds is 6. The molecule has 0 amide bonds. The topological polar surface area (TPSA) is 76.0 Å². The average Bonchev–Trinajstić information content (AvgIpc) is 2.50. The summed E-state index contributed by atoms with van der Waals surface area (Å²) in [6.45, 7) is 3.54. The lowest BCUT2D eigenvalue weighted by Crippen LogP contribution is -2.35. The molecule has 21 heavy (non-hydrogen) atoms. The minimum absolute atomic E-state index is 0.0998. The summed E-state index contributed by atoms with van der Waals surface area (Å²) in [6, 6.07) is 9.45. The smallest absolute Gasteiger partial charge is 0.335 e. The van der Waals surface area contributed by atoms with E-state index in [2.05, 4.69) is 0 Å². The fourth-order valence-corrected chi connectivity index (χ4v) is 2.12. The predicted molar refractivity (Wildman–Crippen MR) is 78.5 cm³/mol. The second kappa shape index (κ2) is 9.50. The van der Waals surface area contributed by atoms with E-state index in [1.807, 2.05) is 37.3 Å². The summed E-state index contributed by atoms with van der Waals surface area (Å²) in [4.78, 5) is 11.7. The molecule has 1 aromatic rings. The maximum atomic E-state index is 11.7. The van der Waals surface area contributed by atoms with E-state index < -0.39 is 12.1 Å². The van der Waals surface area contributed by atoms with Crippen molar-refractivity contribution in [3.8, 4) is 0 Å². The fourth-order valence-electron chi connectivity index (χ4n) is 2.12. The van der Waals surface area contributed by atoms with Crippen LogP contribution in [0.25, 0.3) is 0 Å². The summed E-state index contributed by atoms with van der Waals surface area (Å²) < 4.78 is 10.2. The highest BCUT2D eigenvalue weighted by atomic mass is 16.5. The Labute approximate surface area is 125 Å². The lowest BCUT2D eigenvalue weighted by Gasteiger charge is -2.29. The lowest BCUT2D eigenvalue weighted by atomic mass is 9.91. The van der Waals surface area contributed by atoms with Crippen LogP contribution in [0.5, 0.6) is 0 Å². The third kappa shape index (κ3) is 5.83. The summed E-state index contributed by atoms with van der Waals surface area (Å²) in [5, 5.41) is 16.9. The first-order valence-corrected chi connectivity index (χ1v) is 7.08. The van der Waals surface area contributed by atoms with Gasteiger partial charge in [-0.1, -0.05) is 37.3 Å². The average molecular weight is 296 g/mol. The highest BCUT2D eigenvalue weighted by Gasteiger charge is 2.29. The van der Waals surface area contributed by atoms with Crippen LogP contribution in [0.2, 0.25) is 0 Å². The van der Waals surface area contributed by atoms with Gasteiger partial charge >= 0.3 is 5.97 Å². The molecule has 0 aliphatic carbocycles. The number of benzene rings is 1. The largest absolute Gasteiger partial charge is 0.459 e. The van der Waals surface area contributed by atoms with Gasteiger partial charge in [-0.05, 0) is 17.9 Å². The fraction of sp³-hybridized carbons (Fsp3) is 0.562. The van der Waals surface area contributed by atoms with Gasteiger partial charge in [-0.25, -0.2) is 4.79 Å². The van der Waals surface area contributed by atoms with Crippen molar-refractivity contribution in [2.24, 2.45) is 11.8 Å². The molecule has 2 atom stereocenters. The van der Waals surface area contributed by atoms with Crippen LogP contribution in [0.1, 0.15) is 18.9 Å². The molecule has 1 fully saturated rings. The van der Waals surface area contributed by atoms with Gasteiger partial charge in [0.2, 0.25) is 0 Å². The number of hydrogen-bond donors (Lipinski definition) is 2. The van der Waals surface area contributed by atoms with E-state index in [9.17, 15) is 9.90 Å². The van der Waals surface area contributed by atoms with E-state index >= 15 is 0 Å². The van der Waals surface area contributed by atoms with Crippen molar-refractivity contribution in [2.75, 3.05) is 20.3 Å². The highest BCUT2D eigenvalue weighted by molar-refractivity contribution is 5.74. The van der Waals surface area contributed by atoms with Crippen LogP contribution < -0.4 is 0 Å². The molecular weight excluding hydrogens is 272 g/mol. The van der Waals surface area contributed by atoms with Crippen LogP contribution >= 0.6 is 0 Å². The molecule has 2 rings (SSSR count). The minimum atomic E-state index is -1.05. The predicted octanol–water partition coefficient (Wildman–Crippen LogP) is 1.37. The summed E-state index contributed by atoms with van der Waals surface area (Å²) in [5.41, 5.74) is 0.920. The van der Waals surface area contributed by atoms with Crippen molar-refractivity contribution in [3.63, 3.8) is 0 Å². The monoisotopic (exact) mass is 296 g/mol. The standard InChI is InChI=1S/C15H20O4.CH4O/c1-11(7-13-8-18-9-13)14(16)15(17)19-10-12-5-3-2-4-6-12;1-2/h2-6,11,13-14,16H,7-10H2,1H3;2H,1H3. The first-order chi connectivity index (χ1) is 10.2. The van der Waals surface area contributed by atoms with Crippen LogP contribution in [-0.2, 0) is 20.9 Å². The molecule has 2 N–H and O–H groups in total. The van der Waals surface area contributed by atoms with Gasteiger partial charge < -0.3 is 19.7 Å². The molecule has 0 saturated carbocycles. The van der Waals surface area contributed by atoms with Crippen LogP contribution in [0.3, 0.4) is 0 Å². The number of aliphatic hydroxyl groups excluding tert-OH is 2. The molecule has 118 valence electrons. The molecule has 5 heteroatoms. The van der Waals surface area contributed by atoms with Crippen molar-refractivity contribution in [2.45, 2.75) is 26.1 Å². The second-order valence-electron chi connectivity index (χ2n) is 5.15. The Bertz CT molecular complexity index is 402. The number of ether oxygens (including phenoxy) is 2. The van der Waals surface area contributed by atoms with E-state index in [-0.39, 0.29) is 12.5 Å². The van der Waals surface area contributed by atoms with E-state index in [1.54, 1.807) is 0 Å². The van der Waals surface area contributed by atoms with E-state index in [0.29, 0.717) is 5.92 Å². The van der Waals surface area contributed by atoms with Gasteiger partial charge in [0, 0.05) is 13.0 Å². The van der Waals surface area contributed by atoms with Gasteiger partial charge in [-0.3, -0.25) is 0 Å². The SMILES string of the molecule is CC(CC1COC1)C(O)C(=O)OCc1ccccc1.CO. The van der Waals surface area contributed by atoms with Crippen molar-refractivity contribution >= 4 is 5.97 Å². The molecule has 1 aliphatic heterocycles. The quantitative estimate of drug-likeness (QED) is 0.776. The van der Waals surface area contributed by atoms with E-state index in [0.717, 1.165) is 32.3 Å². The molecule has 1 aliphatic rings. The maximum absolute atomic E-state index is 11.7. The van der Waals surface area contributed by atoms with Gasteiger partial charge in [0.25, 0.3) is 0 Å². The van der Waals surface area contributed by atoms with Gasteiger partial charge in [0.1, 0.15) is 6.61 Å². The van der Waals surface area contributed by atoms with Crippen molar-refractivity contribution in [1.29, 1.82) is 0 Å². The molecule has 1 saturated heterocycles. The Morgan fingerprint density at radius 2 is 1.95 bits per heavy atom. The zero-order valence-electron chi connectivity index (χ0n) is 12.6. The number of hydrogen-bond acceptors (Lipinski definition) is 5. The maximum Gasteiger partial charge on any atom is 0.335 e. The second-order valence-corrected chi connectivity index (χ2v) is 5.15. The zero-order chi connectivity index (χ0) is 15.7. The third-order valence-electron chi connectivity index (χ3n) is 3.42. The Morgan fingerprint density at radius 3 is 2.48 bits per heavy atom.